The van der Waals surface area contributed by atoms with Crippen molar-refractivity contribution < 1.29 is 13.6 Å². The van der Waals surface area contributed by atoms with Gasteiger partial charge in [0.15, 0.2) is 0 Å². The van der Waals surface area contributed by atoms with Crippen LogP contribution in [0.4, 0.5) is 14.6 Å². The Labute approximate surface area is 168 Å². The molecule has 2 aromatic rings. The summed E-state index contributed by atoms with van der Waals surface area (Å²) in [5.41, 5.74) is -0.236. The number of piperidine rings is 1. The molecule has 8 heteroatoms. The van der Waals surface area contributed by atoms with E-state index in [2.05, 4.69) is 15.6 Å². The molecule has 0 aliphatic carbocycles. The maximum absolute atomic E-state index is 15.1. The van der Waals surface area contributed by atoms with Crippen molar-refractivity contribution in [1.29, 1.82) is 0 Å². The van der Waals surface area contributed by atoms with Gasteiger partial charge in [-0.05, 0) is 30.3 Å². The molecule has 0 unspecified atom stereocenters. The third-order valence-electron chi connectivity index (χ3n) is 4.92. The summed E-state index contributed by atoms with van der Waals surface area (Å²) in [6.07, 6.45) is 0.481. The Balaban J connectivity index is 1.50. The van der Waals surface area contributed by atoms with E-state index in [0.717, 1.165) is 11.5 Å². The van der Waals surface area contributed by atoms with E-state index in [-0.39, 0.29) is 30.3 Å². The van der Waals surface area contributed by atoms with Crippen LogP contribution >= 0.6 is 11.6 Å². The van der Waals surface area contributed by atoms with Gasteiger partial charge >= 0.3 is 0 Å². The van der Waals surface area contributed by atoms with Crippen LogP contribution in [0.15, 0.2) is 36.4 Å². The zero-order valence-corrected chi connectivity index (χ0v) is 16.4. The van der Waals surface area contributed by atoms with Crippen LogP contribution in [0.1, 0.15) is 28.9 Å². The number of halogens is 3. The normalized spacial score (nSPS) is 16.1. The number of alkyl halides is 1. The molecule has 1 saturated heterocycles. The van der Waals surface area contributed by atoms with Crippen LogP contribution in [0.25, 0.3) is 0 Å². The third kappa shape index (κ3) is 4.97. The molecule has 28 heavy (non-hydrogen) atoms. The predicted molar refractivity (Wildman–Crippen MR) is 106 cm³/mol. The van der Waals surface area contributed by atoms with Gasteiger partial charge in [-0.3, -0.25) is 4.79 Å². The zero-order valence-electron chi connectivity index (χ0n) is 15.6. The van der Waals surface area contributed by atoms with Crippen molar-refractivity contribution in [1.82, 2.24) is 15.2 Å². The minimum Gasteiger partial charge on any atom is -0.373 e. The summed E-state index contributed by atoms with van der Waals surface area (Å²) < 4.78 is 28.3. The summed E-state index contributed by atoms with van der Waals surface area (Å²) in [7, 11) is 1.80. The largest absolute Gasteiger partial charge is 0.373 e. The fraction of sp³-hybridized carbons (Fsp3) is 0.400. The molecule has 0 spiro atoms. The quantitative estimate of drug-likeness (QED) is 0.766. The molecule has 150 valence electrons. The Morgan fingerprint density at radius 1 is 1.29 bits per heavy atom. The number of carbonyl (C=O) groups excluding carboxylic acids is 1. The van der Waals surface area contributed by atoms with Crippen molar-refractivity contribution in [2.75, 3.05) is 32.0 Å². The van der Waals surface area contributed by atoms with E-state index in [1.54, 1.807) is 11.9 Å². The molecule has 0 radical (unpaired) electrons. The molecular formula is C20H23ClF2N4O. The molecule has 0 saturated carbocycles. The van der Waals surface area contributed by atoms with Gasteiger partial charge in [0.05, 0.1) is 10.7 Å². The number of rotatable bonds is 6. The van der Waals surface area contributed by atoms with Crippen LogP contribution < -0.4 is 10.6 Å². The molecule has 1 aliphatic heterocycles. The molecule has 1 amide bonds. The minimum absolute atomic E-state index is 0.0946. The Morgan fingerprint density at radius 3 is 2.71 bits per heavy atom. The summed E-state index contributed by atoms with van der Waals surface area (Å²) in [5, 5.41) is 6.00. The van der Waals surface area contributed by atoms with Crippen molar-refractivity contribution in [2.24, 2.45) is 0 Å². The van der Waals surface area contributed by atoms with Gasteiger partial charge in [0.2, 0.25) is 0 Å². The number of amides is 1. The molecular weight excluding hydrogens is 386 g/mol. The average Bonchev–Trinajstić information content (AvgIpc) is 2.70. The first-order valence-electron chi connectivity index (χ1n) is 9.18. The SMILES string of the molecule is CNc1cccc(CNCC2(F)CCN(C(=O)c3ccc(F)c(Cl)c3)CC2)n1. The van der Waals surface area contributed by atoms with Crippen LogP contribution in [0, 0.1) is 5.82 Å². The second kappa shape index (κ2) is 8.84. The van der Waals surface area contributed by atoms with Crippen LogP contribution in [-0.2, 0) is 6.54 Å². The molecule has 3 rings (SSSR count). The standard InChI is InChI=1S/C20H23ClF2N4O/c1-24-18-4-2-3-15(26-18)12-25-13-20(23)7-9-27(10-8-20)19(28)14-5-6-17(22)16(21)11-14/h2-6,11,25H,7-10,12-13H2,1H3,(H,24,26). The van der Waals surface area contributed by atoms with Crippen LogP contribution in [0.3, 0.4) is 0 Å². The van der Waals surface area contributed by atoms with Gasteiger partial charge in [0.1, 0.15) is 17.3 Å². The first-order valence-corrected chi connectivity index (χ1v) is 9.56. The fourth-order valence-electron chi connectivity index (χ4n) is 3.23. The van der Waals surface area contributed by atoms with E-state index in [1.807, 2.05) is 18.2 Å². The molecule has 0 atom stereocenters. The van der Waals surface area contributed by atoms with Gasteiger partial charge < -0.3 is 15.5 Å². The Hall–Kier alpha value is -2.25. The number of carbonyl (C=O) groups is 1. The second-order valence-electron chi connectivity index (χ2n) is 6.94. The molecule has 5 nitrogen and oxygen atoms in total. The monoisotopic (exact) mass is 408 g/mol. The zero-order chi connectivity index (χ0) is 20.1. The predicted octanol–water partition coefficient (Wildman–Crippen LogP) is 3.65. The maximum atomic E-state index is 15.1. The number of aromatic nitrogens is 1. The van der Waals surface area contributed by atoms with Gasteiger partial charge in [0.25, 0.3) is 5.91 Å². The number of hydrogen-bond donors (Lipinski definition) is 2. The van der Waals surface area contributed by atoms with Gasteiger partial charge in [-0.2, -0.15) is 0 Å². The minimum atomic E-state index is -1.38. The van der Waals surface area contributed by atoms with Crippen molar-refractivity contribution in [3.8, 4) is 0 Å². The summed E-state index contributed by atoms with van der Waals surface area (Å²) in [6, 6.07) is 9.51. The number of hydrogen-bond acceptors (Lipinski definition) is 4. The molecule has 1 fully saturated rings. The summed E-state index contributed by atoms with van der Waals surface area (Å²) in [5.74, 6) is -0.0626. The van der Waals surface area contributed by atoms with Crippen molar-refractivity contribution in [2.45, 2.75) is 25.1 Å². The smallest absolute Gasteiger partial charge is 0.253 e. The van der Waals surface area contributed by atoms with Crippen LogP contribution in [-0.4, -0.2) is 48.1 Å². The second-order valence-corrected chi connectivity index (χ2v) is 7.35. The van der Waals surface area contributed by atoms with E-state index in [4.69, 9.17) is 11.6 Å². The Bertz CT molecular complexity index is 841. The Morgan fingerprint density at radius 2 is 2.04 bits per heavy atom. The first-order chi connectivity index (χ1) is 13.4. The van der Waals surface area contributed by atoms with Gasteiger partial charge in [0, 0.05) is 51.6 Å². The number of benzene rings is 1. The highest BCUT2D eigenvalue weighted by Crippen LogP contribution is 2.27. The first kappa shape index (κ1) is 20.5. The van der Waals surface area contributed by atoms with Crippen LogP contribution in [0.5, 0.6) is 0 Å². The number of anilines is 1. The molecule has 2 N–H and O–H groups in total. The van der Waals surface area contributed by atoms with E-state index in [0.29, 0.717) is 25.2 Å². The highest BCUT2D eigenvalue weighted by Gasteiger charge is 2.35. The van der Waals surface area contributed by atoms with E-state index in [9.17, 15) is 9.18 Å². The van der Waals surface area contributed by atoms with Gasteiger partial charge in [-0.15, -0.1) is 0 Å². The average molecular weight is 409 g/mol. The molecule has 1 aromatic heterocycles. The number of likely N-dealkylation sites (tertiary alicyclic amines) is 1. The Kier molecular flexibility index (Phi) is 6.46. The molecule has 1 aliphatic rings. The van der Waals surface area contributed by atoms with Crippen molar-refractivity contribution >= 4 is 23.3 Å². The van der Waals surface area contributed by atoms with E-state index in [1.165, 1.54) is 18.2 Å². The number of pyridine rings is 1. The fourth-order valence-corrected chi connectivity index (χ4v) is 3.41. The number of nitrogens with one attached hydrogen (secondary N) is 2. The van der Waals surface area contributed by atoms with E-state index >= 15 is 4.39 Å². The maximum Gasteiger partial charge on any atom is 0.253 e. The van der Waals surface area contributed by atoms with Gasteiger partial charge in [-0.1, -0.05) is 17.7 Å². The molecule has 2 heterocycles. The lowest BCUT2D eigenvalue weighted by Crippen LogP contribution is -2.48. The lowest BCUT2D eigenvalue weighted by Gasteiger charge is -2.36. The summed E-state index contributed by atoms with van der Waals surface area (Å²) in [4.78, 5) is 18.5. The highest BCUT2D eigenvalue weighted by molar-refractivity contribution is 6.31. The lowest BCUT2D eigenvalue weighted by atomic mass is 9.92. The lowest BCUT2D eigenvalue weighted by molar-refractivity contribution is 0.0434. The molecule has 1 aromatic carbocycles. The summed E-state index contributed by atoms with van der Waals surface area (Å²) in [6.45, 7) is 1.28. The third-order valence-corrected chi connectivity index (χ3v) is 5.21. The van der Waals surface area contributed by atoms with Crippen molar-refractivity contribution in [3.63, 3.8) is 0 Å². The highest BCUT2D eigenvalue weighted by atomic mass is 35.5. The number of nitrogens with zero attached hydrogens (tertiary/aromatic N) is 2. The summed E-state index contributed by atoms with van der Waals surface area (Å²) >= 11 is 5.75. The topological polar surface area (TPSA) is 57.3 Å². The van der Waals surface area contributed by atoms with E-state index < -0.39 is 11.5 Å². The van der Waals surface area contributed by atoms with Gasteiger partial charge in [-0.25, -0.2) is 13.8 Å². The molecule has 0 bridgehead atoms. The van der Waals surface area contributed by atoms with Crippen molar-refractivity contribution in [3.05, 3.63) is 58.5 Å². The van der Waals surface area contributed by atoms with Crippen LogP contribution in [0.2, 0.25) is 5.02 Å².